The topological polar surface area (TPSA) is 142 Å². The Hall–Kier alpha value is -3.77. The van der Waals surface area contributed by atoms with Gasteiger partial charge in [-0.1, -0.05) is 6.07 Å². The number of esters is 1. The minimum absolute atomic E-state index is 0.0884. The molecule has 0 aliphatic carbocycles. The molecule has 3 N–H and O–H groups in total. The zero-order chi connectivity index (χ0) is 26.7. The summed E-state index contributed by atoms with van der Waals surface area (Å²) in [6.45, 7) is 1.57. The quantitative estimate of drug-likeness (QED) is 0.421. The van der Waals surface area contributed by atoms with Gasteiger partial charge >= 0.3 is 5.97 Å². The fourth-order valence-corrected chi connectivity index (χ4v) is 5.12. The highest BCUT2D eigenvalue weighted by atomic mass is 16.7. The van der Waals surface area contributed by atoms with Crippen LogP contribution >= 0.6 is 0 Å². The molecule has 0 saturated carbocycles. The summed E-state index contributed by atoms with van der Waals surface area (Å²) < 4.78 is 39.4. The summed E-state index contributed by atoms with van der Waals surface area (Å²) in [6, 6.07) is 8.80. The summed E-state index contributed by atoms with van der Waals surface area (Å²) in [6.07, 6.45) is -6.51. The Bertz CT molecular complexity index is 1430. The molecular formula is C27H26O11. The monoisotopic (exact) mass is 526 g/mol. The smallest absolute Gasteiger partial charge is 0.339 e. The number of benzene rings is 3. The van der Waals surface area contributed by atoms with Gasteiger partial charge < -0.3 is 48.5 Å². The average Bonchev–Trinajstić information content (AvgIpc) is 3.55. The van der Waals surface area contributed by atoms with Gasteiger partial charge in [-0.2, -0.15) is 0 Å². The third-order valence-corrected chi connectivity index (χ3v) is 7.12. The highest BCUT2D eigenvalue weighted by Gasteiger charge is 2.44. The summed E-state index contributed by atoms with van der Waals surface area (Å²) in [5, 5.41) is 32.2. The molecule has 0 aromatic heterocycles. The van der Waals surface area contributed by atoms with Crippen LogP contribution in [0, 0.1) is 0 Å². The van der Waals surface area contributed by atoms with E-state index in [1.165, 1.54) is 14.2 Å². The van der Waals surface area contributed by atoms with Gasteiger partial charge in [0, 0.05) is 16.5 Å². The predicted octanol–water partition coefficient (Wildman–Crippen LogP) is 2.13. The molecule has 3 aromatic rings. The van der Waals surface area contributed by atoms with Gasteiger partial charge in [-0.25, -0.2) is 4.79 Å². The van der Waals surface area contributed by atoms with Crippen molar-refractivity contribution in [1.29, 1.82) is 0 Å². The molecule has 1 saturated heterocycles. The first kappa shape index (κ1) is 24.6. The maximum atomic E-state index is 13.1. The number of carbonyl (C=O) groups is 1. The highest BCUT2D eigenvalue weighted by Crippen LogP contribution is 2.49. The maximum Gasteiger partial charge on any atom is 0.339 e. The molecule has 1 fully saturated rings. The molecule has 3 aliphatic rings. The Balaban J connectivity index is 1.61. The van der Waals surface area contributed by atoms with E-state index in [9.17, 15) is 20.1 Å². The van der Waals surface area contributed by atoms with Crippen LogP contribution in [0.15, 0.2) is 30.3 Å². The van der Waals surface area contributed by atoms with Gasteiger partial charge in [-0.3, -0.25) is 0 Å². The van der Waals surface area contributed by atoms with Crippen LogP contribution in [-0.2, 0) is 16.1 Å². The van der Waals surface area contributed by atoms with Crippen LogP contribution in [0.3, 0.4) is 0 Å². The van der Waals surface area contributed by atoms with E-state index in [1.807, 2.05) is 6.07 Å². The van der Waals surface area contributed by atoms with Gasteiger partial charge in [0.05, 0.1) is 25.9 Å². The average molecular weight is 526 g/mol. The van der Waals surface area contributed by atoms with Crippen molar-refractivity contribution in [3.8, 4) is 39.9 Å². The molecule has 3 aliphatic heterocycles. The Morgan fingerprint density at radius 3 is 2.29 bits per heavy atom. The SMILES string of the molecule is COc1cc2c(OC3O[C@H](C)[C@H](O)[C@H](O)[C@H]3O)c3c(c(-c4ccc5c(c4)OCO5)c2cc1OC)C(=O)OC3. The van der Waals surface area contributed by atoms with E-state index in [0.29, 0.717) is 50.5 Å². The Morgan fingerprint density at radius 2 is 1.55 bits per heavy atom. The number of aliphatic hydroxyl groups excluding tert-OH is 3. The summed E-state index contributed by atoms with van der Waals surface area (Å²) >= 11 is 0. The van der Waals surface area contributed by atoms with E-state index in [1.54, 1.807) is 31.2 Å². The molecule has 11 nitrogen and oxygen atoms in total. The standard InChI is InChI=1S/C27H26O11/c1-11-22(28)23(29)24(30)27(37-11)38-25-14-8-18(33-3)17(32-2)7-13(14)20(21-15(25)9-34-26(21)31)12-4-5-16-19(6-12)36-10-35-16/h4-8,11,22-24,27-30H,9-10H2,1-3H3/t11-,22+,23+,24-,27?/m1/s1. The van der Waals surface area contributed by atoms with Gasteiger partial charge in [-0.15, -0.1) is 0 Å². The van der Waals surface area contributed by atoms with Crippen molar-refractivity contribution in [2.75, 3.05) is 21.0 Å². The van der Waals surface area contributed by atoms with E-state index >= 15 is 0 Å². The summed E-state index contributed by atoms with van der Waals surface area (Å²) in [4.78, 5) is 13.1. The molecule has 200 valence electrons. The lowest BCUT2D eigenvalue weighted by atomic mass is 9.89. The van der Waals surface area contributed by atoms with Crippen LogP contribution in [0.4, 0.5) is 0 Å². The van der Waals surface area contributed by atoms with Crippen molar-refractivity contribution in [2.45, 2.75) is 44.2 Å². The molecule has 0 radical (unpaired) electrons. The van der Waals surface area contributed by atoms with Crippen molar-refractivity contribution in [2.24, 2.45) is 0 Å². The third kappa shape index (κ3) is 3.70. The molecule has 0 spiro atoms. The van der Waals surface area contributed by atoms with Crippen LogP contribution in [0.5, 0.6) is 28.7 Å². The zero-order valence-corrected chi connectivity index (χ0v) is 20.8. The number of rotatable bonds is 5. The van der Waals surface area contributed by atoms with Gasteiger partial charge in [0.1, 0.15) is 30.7 Å². The second-order valence-corrected chi connectivity index (χ2v) is 9.25. The predicted molar refractivity (Wildman–Crippen MR) is 131 cm³/mol. The first-order chi connectivity index (χ1) is 18.3. The molecule has 6 rings (SSSR count). The van der Waals surface area contributed by atoms with Gasteiger partial charge in [0.2, 0.25) is 13.1 Å². The molecule has 3 heterocycles. The van der Waals surface area contributed by atoms with Gasteiger partial charge in [-0.05, 0) is 42.1 Å². The largest absolute Gasteiger partial charge is 0.493 e. The number of hydrogen-bond donors (Lipinski definition) is 3. The van der Waals surface area contributed by atoms with Crippen LogP contribution in [-0.4, -0.2) is 73.0 Å². The summed E-state index contributed by atoms with van der Waals surface area (Å²) in [7, 11) is 3.00. The Morgan fingerprint density at radius 1 is 0.842 bits per heavy atom. The molecule has 3 aromatic carbocycles. The molecule has 5 atom stereocenters. The van der Waals surface area contributed by atoms with Crippen LogP contribution in [0.2, 0.25) is 0 Å². The highest BCUT2D eigenvalue weighted by molar-refractivity contribution is 6.14. The molecule has 11 heteroatoms. The van der Waals surface area contributed by atoms with Crippen molar-refractivity contribution in [1.82, 2.24) is 0 Å². The molecule has 0 amide bonds. The Labute approximate surface area is 217 Å². The second-order valence-electron chi connectivity index (χ2n) is 9.25. The van der Waals surface area contributed by atoms with Gasteiger partial charge in [0.25, 0.3) is 0 Å². The van der Waals surface area contributed by atoms with Crippen LogP contribution in [0.1, 0.15) is 22.8 Å². The number of cyclic esters (lactones) is 1. The summed E-state index contributed by atoms with van der Waals surface area (Å²) in [5.41, 5.74) is 1.95. The van der Waals surface area contributed by atoms with Crippen LogP contribution in [0.25, 0.3) is 21.9 Å². The number of carbonyl (C=O) groups excluding carboxylic acids is 1. The minimum Gasteiger partial charge on any atom is -0.493 e. The van der Waals surface area contributed by atoms with E-state index < -0.39 is 36.7 Å². The Kier molecular flexibility index (Phi) is 5.95. The summed E-state index contributed by atoms with van der Waals surface area (Å²) in [5.74, 6) is 1.61. The number of methoxy groups -OCH3 is 2. The lowest BCUT2D eigenvalue weighted by Crippen LogP contribution is -2.58. The number of aliphatic hydroxyl groups is 3. The van der Waals surface area contributed by atoms with Crippen molar-refractivity contribution < 1.29 is 53.3 Å². The molecule has 0 bridgehead atoms. The number of fused-ring (bicyclic) bond motifs is 3. The van der Waals surface area contributed by atoms with E-state index in [0.717, 1.165) is 0 Å². The normalized spacial score (nSPS) is 25.7. The third-order valence-electron chi connectivity index (χ3n) is 7.12. The fourth-order valence-electron chi connectivity index (χ4n) is 5.12. The lowest BCUT2D eigenvalue weighted by Gasteiger charge is -2.39. The first-order valence-electron chi connectivity index (χ1n) is 12.0. The zero-order valence-electron chi connectivity index (χ0n) is 20.8. The van der Waals surface area contributed by atoms with Crippen molar-refractivity contribution in [3.05, 3.63) is 41.5 Å². The van der Waals surface area contributed by atoms with Crippen LogP contribution < -0.4 is 23.7 Å². The first-order valence-corrected chi connectivity index (χ1v) is 12.0. The molecule has 38 heavy (non-hydrogen) atoms. The number of hydrogen-bond acceptors (Lipinski definition) is 11. The second kappa shape index (κ2) is 9.21. The fraction of sp³-hybridized carbons (Fsp3) is 0.370. The lowest BCUT2D eigenvalue weighted by molar-refractivity contribution is -0.268. The van der Waals surface area contributed by atoms with Crippen molar-refractivity contribution in [3.63, 3.8) is 0 Å². The minimum atomic E-state index is -1.56. The van der Waals surface area contributed by atoms with Gasteiger partial charge in [0.15, 0.2) is 23.0 Å². The van der Waals surface area contributed by atoms with Crippen molar-refractivity contribution >= 4 is 16.7 Å². The van der Waals surface area contributed by atoms with E-state index in [-0.39, 0.29) is 24.7 Å². The van der Waals surface area contributed by atoms with E-state index in [2.05, 4.69) is 0 Å². The molecule has 1 unspecified atom stereocenters. The maximum absolute atomic E-state index is 13.1. The number of ether oxygens (including phenoxy) is 7. The molecular weight excluding hydrogens is 500 g/mol. The van der Waals surface area contributed by atoms with E-state index in [4.69, 9.17) is 33.2 Å².